The lowest BCUT2D eigenvalue weighted by atomic mass is 9.81. The molecular weight excluding hydrogens is 1050 g/mol. The first-order chi connectivity index (χ1) is 32.0. The van der Waals surface area contributed by atoms with Gasteiger partial charge in [0.15, 0.2) is 12.6 Å². The molecular formula is C62H124I2O3. The van der Waals surface area contributed by atoms with Gasteiger partial charge >= 0.3 is 0 Å². The second-order valence-corrected chi connectivity index (χ2v) is 26.9. The number of alkyl halides is 2. The predicted octanol–water partition coefficient (Wildman–Crippen LogP) is 21.9. The molecule has 0 aliphatic carbocycles. The number of hydrogen-bond donors (Lipinski definition) is 0. The summed E-state index contributed by atoms with van der Waals surface area (Å²) < 4.78 is 22.7. The van der Waals surface area contributed by atoms with Crippen LogP contribution in [0.2, 0.25) is 0 Å². The first-order valence-corrected chi connectivity index (χ1v) is 33.1. The van der Waals surface area contributed by atoms with Gasteiger partial charge < -0.3 is 14.2 Å². The third kappa shape index (κ3) is 43.5. The molecule has 3 nitrogen and oxygen atoms in total. The van der Waals surface area contributed by atoms with Crippen LogP contribution in [-0.2, 0) is 14.2 Å². The maximum Gasteiger partial charge on any atom is 0.160 e. The molecule has 67 heavy (non-hydrogen) atoms. The molecule has 0 aliphatic rings. The Kier molecular flexibility index (Phi) is 46.8. The third-order valence-corrected chi connectivity index (χ3v) is 16.9. The lowest BCUT2D eigenvalue weighted by Crippen LogP contribution is -2.28. The molecule has 0 spiro atoms. The number of unbranched alkanes of at least 4 members (excludes halogenated alkanes) is 8. The molecule has 0 saturated carbocycles. The standard InChI is InChI=1S/C62H124I2O3/c1-15-17-19-21-23-37-65-61(33-25-29-49(3)39-53(7)43-57(11)47-59(13)45-55(9)41-51(5)31-27-35-63)67-62(66-38-24-22-20-18-16-2)34-26-30-50(4)40-54(8)44-58(12)48-60(14)46-56(10)42-52(6)32-28-36-64/h49-62H,15-48H2,1-14H3. The molecule has 0 saturated heterocycles. The molecule has 0 aliphatic heterocycles. The highest BCUT2D eigenvalue weighted by atomic mass is 127. The average molecular weight is 1170 g/mol. The fourth-order valence-corrected chi connectivity index (χ4v) is 13.5. The Hall–Kier alpha value is 1.34. The van der Waals surface area contributed by atoms with Crippen molar-refractivity contribution in [2.45, 2.75) is 302 Å². The van der Waals surface area contributed by atoms with E-state index >= 15 is 0 Å². The van der Waals surface area contributed by atoms with Gasteiger partial charge in [0, 0.05) is 13.2 Å². The molecule has 0 aromatic rings. The molecule has 5 heteroatoms. The predicted molar refractivity (Wildman–Crippen MR) is 318 cm³/mol. The van der Waals surface area contributed by atoms with Crippen molar-refractivity contribution in [2.75, 3.05) is 22.1 Å². The number of rotatable bonds is 50. The van der Waals surface area contributed by atoms with E-state index in [1.54, 1.807) is 0 Å². The van der Waals surface area contributed by atoms with E-state index in [9.17, 15) is 0 Å². The first kappa shape index (κ1) is 68.3. The van der Waals surface area contributed by atoms with Gasteiger partial charge in [0.25, 0.3) is 0 Å². The molecule has 0 aromatic carbocycles. The van der Waals surface area contributed by atoms with E-state index in [0.717, 1.165) is 110 Å². The van der Waals surface area contributed by atoms with Crippen LogP contribution in [0.5, 0.6) is 0 Å². The Labute approximate surface area is 451 Å². The van der Waals surface area contributed by atoms with Crippen molar-refractivity contribution in [3.05, 3.63) is 0 Å². The Bertz CT molecular complexity index is 949. The Balaban J connectivity index is 5.22. The normalized spacial score (nSPS) is 18.6. The van der Waals surface area contributed by atoms with E-state index in [-0.39, 0.29) is 12.6 Å². The van der Waals surface area contributed by atoms with Gasteiger partial charge in [0.05, 0.1) is 0 Å². The third-order valence-electron chi connectivity index (χ3n) is 15.4. The highest BCUT2D eigenvalue weighted by Gasteiger charge is 2.22. The van der Waals surface area contributed by atoms with Crippen molar-refractivity contribution in [1.29, 1.82) is 0 Å². The molecule has 404 valence electrons. The minimum Gasteiger partial charge on any atom is -0.353 e. The van der Waals surface area contributed by atoms with Crippen LogP contribution in [0.25, 0.3) is 0 Å². The molecule has 0 radical (unpaired) electrons. The molecule has 0 bridgehead atoms. The van der Waals surface area contributed by atoms with E-state index in [2.05, 4.69) is 142 Å². The fraction of sp³-hybridized carbons (Fsp3) is 1.00. The zero-order valence-corrected chi connectivity index (χ0v) is 52.4. The monoisotopic (exact) mass is 1170 g/mol. The van der Waals surface area contributed by atoms with E-state index in [1.165, 1.54) is 176 Å². The Morgan fingerprint density at radius 2 is 0.507 bits per heavy atom. The van der Waals surface area contributed by atoms with Crippen LogP contribution in [-0.4, -0.2) is 34.6 Å². The van der Waals surface area contributed by atoms with Crippen molar-refractivity contribution in [3.63, 3.8) is 0 Å². The second kappa shape index (κ2) is 45.9. The highest BCUT2D eigenvalue weighted by molar-refractivity contribution is 14.1. The van der Waals surface area contributed by atoms with Crippen molar-refractivity contribution in [3.8, 4) is 0 Å². The molecule has 0 fully saturated rings. The summed E-state index contributed by atoms with van der Waals surface area (Å²) in [7, 11) is 0. The minimum absolute atomic E-state index is 0.160. The largest absolute Gasteiger partial charge is 0.353 e. The molecule has 0 heterocycles. The minimum atomic E-state index is -0.160. The van der Waals surface area contributed by atoms with Crippen molar-refractivity contribution < 1.29 is 14.2 Å². The second-order valence-electron chi connectivity index (χ2n) is 24.7. The van der Waals surface area contributed by atoms with Crippen molar-refractivity contribution in [2.24, 2.45) is 71.0 Å². The molecule has 0 rings (SSSR count). The number of ether oxygens (including phenoxy) is 3. The number of hydrogen-bond acceptors (Lipinski definition) is 3. The SMILES string of the molecule is CCCCCCCOC(CCCC(C)CC(C)CC(C)CC(C)CC(C)CC(C)CCCI)OC(CCCC(C)CC(C)CC(C)CC(C)CC(C)CC(C)CCCI)OCCCCCCC. The topological polar surface area (TPSA) is 27.7 Å². The summed E-state index contributed by atoms with van der Waals surface area (Å²) in [5.41, 5.74) is 0. The Morgan fingerprint density at radius 3 is 0.761 bits per heavy atom. The molecule has 0 N–H and O–H groups in total. The summed E-state index contributed by atoms with van der Waals surface area (Å²) in [6, 6.07) is 0. The summed E-state index contributed by atoms with van der Waals surface area (Å²) in [5.74, 6) is 9.81. The van der Waals surface area contributed by atoms with E-state index < -0.39 is 0 Å². The fourth-order valence-electron chi connectivity index (χ4n) is 12.6. The summed E-state index contributed by atoms with van der Waals surface area (Å²) in [6.45, 7) is 36.3. The molecule has 14 unspecified atom stereocenters. The van der Waals surface area contributed by atoms with Gasteiger partial charge in [-0.15, -0.1) is 0 Å². The van der Waals surface area contributed by atoms with Crippen LogP contribution in [0.1, 0.15) is 290 Å². The first-order valence-electron chi connectivity index (χ1n) is 30.0. The highest BCUT2D eigenvalue weighted by Crippen LogP contribution is 2.32. The van der Waals surface area contributed by atoms with Gasteiger partial charge in [-0.05, 0) is 208 Å². The summed E-state index contributed by atoms with van der Waals surface area (Å²) in [6.07, 6.45) is 38.5. The van der Waals surface area contributed by atoms with Crippen LogP contribution >= 0.6 is 45.2 Å². The summed E-state index contributed by atoms with van der Waals surface area (Å²) in [4.78, 5) is 0. The van der Waals surface area contributed by atoms with Crippen molar-refractivity contribution >= 4 is 45.2 Å². The van der Waals surface area contributed by atoms with E-state index in [0.29, 0.717) is 0 Å². The van der Waals surface area contributed by atoms with Gasteiger partial charge in [-0.3, -0.25) is 0 Å². The van der Waals surface area contributed by atoms with Gasteiger partial charge in [-0.2, -0.15) is 0 Å². The average Bonchev–Trinajstić information content (AvgIpc) is 3.23. The molecule has 0 aromatic heterocycles. The number of halogens is 2. The zero-order chi connectivity index (χ0) is 50.2. The van der Waals surface area contributed by atoms with Gasteiger partial charge in [-0.1, -0.05) is 206 Å². The lowest BCUT2D eigenvalue weighted by molar-refractivity contribution is -0.250. The van der Waals surface area contributed by atoms with E-state index in [1.807, 2.05) is 0 Å². The lowest BCUT2D eigenvalue weighted by Gasteiger charge is -2.27. The summed E-state index contributed by atoms with van der Waals surface area (Å²) in [5, 5.41) is 0. The van der Waals surface area contributed by atoms with Crippen LogP contribution in [0.15, 0.2) is 0 Å². The van der Waals surface area contributed by atoms with Gasteiger partial charge in [-0.25, -0.2) is 0 Å². The van der Waals surface area contributed by atoms with Crippen LogP contribution in [0.3, 0.4) is 0 Å². The maximum absolute atomic E-state index is 6.90. The van der Waals surface area contributed by atoms with Gasteiger partial charge in [0.1, 0.15) is 0 Å². The zero-order valence-electron chi connectivity index (χ0n) is 48.1. The smallest absolute Gasteiger partial charge is 0.160 e. The van der Waals surface area contributed by atoms with Crippen molar-refractivity contribution in [1.82, 2.24) is 0 Å². The maximum atomic E-state index is 6.90. The molecule has 14 atom stereocenters. The van der Waals surface area contributed by atoms with Crippen LogP contribution < -0.4 is 0 Å². The van der Waals surface area contributed by atoms with Crippen LogP contribution in [0, 0.1) is 71.0 Å². The quantitative estimate of drug-likeness (QED) is 0.0263. The van der Waals surface area contributed by atoms with Gasteiger partial charge in [0.2, 0.25) is 0 Å². The molecule has 0 amide bonds. The summed E-state index contributed by atoms with van der Waals surface area (Å²) >= 11 is 5.06. The van der Waals surface area contributed by atoms with E-state index in [4.69, 9.17) is 14.2 Å². The Morgan fingerprint density at radius 1 is 0.269 bits per heavy atom. The van der Waals surface area contributed by atoms with Crippen LogP contribution in [0.4, 0.5) is 0 Å².